The fourth-order valence-corrected chi connectivity index (χ4v) is 3.69. The van der Waals surface area contributed by atoms with Gasteiger partial charge in [0.05, 0.1) is 23.3 Å². The van der Waals surface area contributed by atoms with Crippen molar-refractivity contribution in [1.29, 1.82) is 0 Å². The van der Waals surface area contributed by atoms with Crippen LogP contribution in [-0.4, -0.2) is 18.7 Å². The van der Waals surface area contributed by atoms with Gasteiger partial charge < -0.3 is 4.90 Å². The Morgan fingerprint density at radius 2 is 2.04 bits per heavy atom. The number of nitrogens with zero attached hydrogens (tertiary/aromatic N) is 5. The lowest BCUT2D eigenvalue weighted by atomic mass is 9.83. The zero-order valence-corrected chi connectivity index (χ0v) is 14.1. The van der Waals surface area contributed by atoms with Gasteiger partial charge in [-0.05, 0) is 41.6 Å². The first kappa shape index (κ1) is 16.2. The predicted molar refractivity (Wildman–Crippen MR) is 101 cm³/mol. The van der Waals surface area contributed by atoms with Gasteiger partial charge in [-0.2, -0.15) is 5.10 Å². The Morgan fingerprint density at radius 1 is 1.19 bits per heavy atom. The molecule has 130 valence electrons. The molecule has 2 aliphatic heterocycles. The summed E-state index contributed by atoms with van der Waals surface area (Å²) in [6, 6.07) is 14.8. The first-order valence-corrected chi connectivity index (χ1v) is 8.61. The molecule has 1 N–H and O–H groups in total. The van der Waals surface area contributed by atoms with Crippen LogP contribution in [0.15, 0.2) is 58.7 Å². The van der Waals surface area contributed by atoms with Crippen molar-refractivity contribution in [3.63, 3.8) is 0 Å². The second kappa shape index (κ2) is 6.90. The Kier molecular flexibility index (Phi) is 4.29. The van der Waals surface area contributed by atoms with Crippen molar-refractivity contribution in [3.8, 4) is 0 Å². The summed E-state index contributed by atoms with van der Waals surface area (Å²) in [4.78, 5) is 17.9. The number of hydrogen-bond acceptors (Lipinski definition) is 4. The number of rotatable bonds is 4. The van der Waals surface area contributed by atoms with E-state index >= 15 is 0 Å². The number of carbonyl (C=O) groups excluding carboxylic acids is 1. The number of benzene rings is 2. The molecule has 4 rings (SSSR count). The lowest BCUT2D eigenvalue weighted by Crippen LogP contribution is -2.46. The maximum atomic E-state index is 13.1. The minimum Gasteiger partial charge on any atom is -0.311 e. The zero-order valence-electron chi connectivity index (χ0n) is 14.1. The Morgan fingerprint density at radius 3 is 2.85 bits per heavy atom. The fraction of sp³-hybridized carbons (Fsp3) is 0.263. The van der Waals surface area contributed by atoms with E-state index in [4.69, 9.17) is 5.53 Å². The predicted octanol–water partition coefficient (Wildman–Crippen LogP) is 4.04. The van der Waals surface area contributed by atoms with E-state index in [1.807, 2.05) is 53.4 Å². The van der Waals surface area contributed by atoms with Gasteiger partial charge in [-0.15, -0.1) is 0 Å². The summed E-state index contributed by atoms with van der Waals surface area (Å²) >= 11 is 0. The normalized spacial score (nSPS) is 21.2. The van der Waals surface area contributed by atoms with Gasteiger partial charge in [0.15, 0.2) is 0 Å². The van der Waals surface area contributed by atoms with Crippen LogP contribution in [0.3, 0.4) is 0 Å². The molecule has 2 heterocycles. The van der Waals surface area contributed by atoms with Crippen molar-refractivity contribution in [2.45, 2.75) is 18.9 Å². The minimum absolute atomic E-state index is 0.0688. The number of carbonyl (C=O) groups is 1. The molecule has 0 saturated carbocycles. The third-order valence-corrected chi connectivity index (χ3v) is 4.84. The Bertz CT molecular complexity index is 904. The fourth-order valence-electron chi connectivity index (χ4n) is 3.69. The maximum absolute atomic E-state index is 13.1. The van der Waals surface area contributed by atoms with E-state index in [0.29, 0.717) is 6.54 Å². The van der Waals surface area contributed by atoms with E-state index in [9.17, 15) is 4.79 Å². The summed E-state index contributed by atoms with van der Waals surface area (Å²) < 4.78 is 0. The number of aryl methyl sites for hydroxylation is 1. The van der Waals surface area contributed by atoms with Crippen molar-refractivity contribution < 1.29 is 4.79 Å². The summed E-state index contributed by atoms with van der Waals surface area (Å²) in [6.07, 6.45) is 3.42. The van der Waals surface area contributed by atoms with Crippen LogP contribution in [0.25, 0.3) is 10.4 Å². The van der Waals surface area contributed by atoms with Crippen molar-refractivity contribution in [2.24, 2.45) is 16.1 Å². The summed E-state index contributed by atoms with van der Waals surface area (Å²) in [5.74, 6) is -0.691. The van der Waals surface area contributed by atoms with E-state index < -0.39 is 12.0 Å². The minimum atomic E-state index is -0.622. The smallest absolute Gasteiger partial charge is 0.236 e. The highest BCUT2D eigenvalue weighted by molar-refractivity contribution is 6.07. The third-order valence-electron chi connectivity index (χ3n) is 4.84. The maximum Gasteiger partial charge on any atom is 0.236 e. The van der Waals surface area contributed by atoms with Crippen LogP contribution in [0.4, 0.5) is 11.4 Å². The molecule has 0 spiro atoms. The Labute approximate surface area is 151 Å². The number of para-hydroxylation sites is 2. The van der Waals surface area contributed by atoms with Gasteiger partial charge in [0.2, 0.25) is 5.91 Å². The van der Waals surface area contributed by atoms with Crippen LogP contribution in [0.2, 0.25) is 0 Å². The number of hydrogen-bond donors (Lipinski definition) is 1. The van der Waals surface area contributed by atoms with Crippen molar-refractivity contribution in [1.82, 2.24) is 0 Å². The first-order chi connectivity index (χ1) is 12.8. The molecule has 7 nitrogen and oxygen atoms in total. The van der Waals surface area contributed by atoms with E-state index in [0.717, 1.165) is 35.3 Å². The molecular formula is C19H18N6O. The third kappa shape index (κ3) is 2.78. The molecular weight excluding hydrogens is 328 g/mol. The molecule has 2 aromatic rings. The molecule has 0 aliphatic carbocycles. The second-order valence-electron chi connectivity index (χ2n) is 6.38. The molecule has 0 radical (unpaired) electrons. The highest BCUT2D eigenvalue weighted by atomic mass is 16.2. The summed E-state index contributed by atoms with van der Waals surface area (Å²) in [6.45, 7) is 0.683. The summed E-state index contributed by atoms with van der Waals surface area (Å²) in [5.41, 5.74) is 15.7. The topological polar surface area (TPSA) is 93.5 Å². The molecule has 7 heteroatoms. The average molecular weight is 346 g/mol. The van der Waals surface area contributed by atoms with Crippen LogP contribution in [-0.2, 0) is 11.2 Å². The van der Waals surface area contributed by atoms with Crippen molar-refractivity contribution in [3.05, 3.63) is 70.1 Å². The number of hydrazone groups is 1. The van der Waals surface area contributed by atoms with Gasteiger partial charge in [-0.3, -0.25) is 10.2 Å². The van der Waals surface area contributed by atoms with Gasteiger partial charge in [0.25, 0.3) is 0 Å². The largest absolute Gasteiger partial charge is 0.311 e. The van der Waals surface area contributed by atoms with Gasteiger partial charge >= 0.3 is 0 Å². The standard InChI is InChI=1S/C19H18N6O/c20-24-23-17-15-10-4-6-13-7-5-11-25(18(13)15)19(26)16(17)12-21-22-14-8-2-1-3-9-14/h1-4,6,8-10,12,16-17,22H,5,7,11H2/b21-12+. The van der Waals surface area contributed by atoms with E-state index in [2.05, 4.69) is 20.6 Å². The molecule has 2 unspecified atom stereocenters. The van der Waals surface area contributed by atoms with E-state index in [1.54, 1.807) is 6.21 Å². The second-order valence-corrected chi connectivity index (χ2v) is 6.38. The molecule has 0 fully saturated rings. The van der Waals surface area contributed by atoms with Gasteiger partial charge in [0.1, 0.15) is 0 Å². The quantitative estimate of drug-likeness (QED) is 0.297. The molecule has 2 aromatic carbocycles. The molecule has 26 heavy (non-hydrogen) atoms. The molecule has 2 aliphatic rings. The van der Waals surface area contributed by atoms with Crippen LogP contribution < -0.4 is 10.3 Å². The van der Waals surface area contributed by atoms with E-state index in [1.165, 1.54) is 0 Å². The molecule has 2 atom stereocenters. The highest BCUT2D eigenvalue weighted by Gasteiger charge is 2.41. The SMILES string of the molecule is [N-]=[N+]=NC1c2cccc3c2N(CCC3)C(=O)C1/C=N/Nc1ccccc1. The van der Waals surface area contributed by atoms with Crippen LogP contribution >= 0.6 is 0 Å². The molecule has 0 aromatic heterocycles. The number of anilines is 2. The Hall–Kier alpha value is -3.31. The Balaban J connectivity index is 1.70. The lowest BCUT2D eigenvalue weighted by Gasteiger charge is -2.40. The van der Waals surface area contributed by atoms with Crippen molar-refractivity contribution >= 4 is 23.5 Å². The van der Waals surface area contributed by atoms with Gasteiger partial charge in [-0.1, -0.05) is 41.5 Å². The van der Waals surface area contributed by atoms with Crippen molar-refractivity contribution in [2.75, 3.05) is 16.9 Å². The molecule has 0 saturated heterocycles. The summed E-state index contributed by atoms with van der Waals surface area (Å²) in [7, 11) is 0. The number of amides is 1. The number of nitrogens with one attached hydrogen (secondary N) is 1. The summed E-state index contributed by atoms with van der Waals surface area (Å²) in [5, 5.41) is 8.15. The molecule has 1 amide bonds. The number of azide groups is 1. The highest BCUT2D eigenvalue weighted by Crippen LogP contribution is 2.43. The van der Waals surface area contributed by atoms with Crippen LogP contribution in [0.1, 0.15) is 23.6 Å². The average Bonchev–Trinajstić information content (AvgIpc) is 2.69. The van der Waals surface area contributed by atoms with Gasteiger partial charge in [-0.25, -0.2) is 0 Å². The zero-order chi connectivity index (χ0) is 17.9. The van der Waals surface area contributed by atoms with Gasteiger partial charge in [0, 0.05) is 17.7 Å². The van der Waals surface area contributed by atoms with Crippen LogP contribution in [0, 0.1) is 5.92 Å². The van der Waals surface area contributed by atoms with E-state index in [-0.39, 0.29) is 5.91 Å². The first-order valence-electron chi connectivity index (χ1n) is 8.61. The monoisotopic (exact) mass is 346 g/mol. The van der Waals surface area contributed by atoms with Crippen LogP contribution in [0.5, 0.6) is 0 Å². The molecule has 0 bridgehead atoms. The lowest BCUT2D eigenvalue weighted by molar-refractivity contribution is -0.121.